The van der Waals surface area contributed by atoms with E-state index in [0.29, 0.717) is 11.4 Å². The number of hydrogen-bond acceptors (Lipinski definition) is 7. The third kappa shape index (κ3) is 2.68. The van der Waals surface area contributed by atoms with Crippen molar-refractivity contribution in [3.63, 3.8) is 0 Å². The molecule has 0 aromatic heterocycles. The third-order valence-electron chi connectivity index (χ3n) is 3.81. The average molecular weight is 370 g/mol. The van der Waals surface area contributed by atoms with E-state index in [9.17, 15) is 19.7 Å². The minimum atomic E-state index is -0.574. The molecule has 1 fully saturated rings. The molecule has 0 bridgehead atoms. The van der Waals surface area contributed by atoms with Gasteiger partial charge in [-0.25, -0.2) is 4.90 Å². The standard InChI is InChI=1S/C17H10N2O6S/c20-16-15(26-17(21)18(16)11-4-2-1-3-5-11)7-10-6-13-14(25-9-24-13)8-12(10)19(22)23/h1-8H,9H2. The monoisotopic (exact) mass is 370 g/mol. The van der Waals surface area contributed by atoms with Crippen molar-refractivity contribution in [2.24, 2.45) is 0 Å². The number of thioether (sulfide) groups is 1. The fraction of sp³-hybridized carbons (Fsp3) is 0.0588. The summed E-state index contributed by atoms with van der Waals surface area (Å²) in [4.78, 5) is 36.8. The number of fused-ring (bicyclic) bond motifs is 1. The second-order valence-corrected chi connectivity index (χ2v) is 6.37. The van der Waals surface area contributed by atoms with Gasteiger partial charge in [0.15, 0.2) is 11.5 Å². The lowest BCUT2D eigenvalue weighted by Gasteiger charge is -2.11. The number of benzene rings is 2. The van der Waals surface area contributed by atoms with Gasteiger partial charge < -0.3 is 9.47 Å². The Morgan fingerprint density at radius 3 is 2.50 bits per heavy atom. The van der Waals surface area contributed by atoms with Gasteiger partial charge in [-0.1, -0.05) is 18.2 Å². The lowest BCUT2D eigenvalue weighted by atomic mass is 10.1. The quantitative estimate of drug-likeness (QED) is 0.463. The van der Waals surface area contributed by atoms with Crippen LogP contribution < -0.4 is 14.4 Å². The second-order valence-electron chi connectivity index (χ2n) is 5.37. The topological polar surface area (TPSA) is 99.0 Å². The first-order chi connectivity index (χ1) is 12.5. The molecule has 0 N–H and O–H groups in total. The number of para-hydroxylation sites is 1. The summed E-state index contributed by atoms with van der Waals surface area (Å²) >= 11 is 0.729. The number of amides is 2. The van der Waals surface area contributed by atoms with E-state index in [2.05, 4.69) is 0 Å². The fourth-order valence-electron chi connectivity index (χ4n) is 2.63. The van der Waals surface area contributed by atoms with Gasteiger partial charge in [0, 0.05) is 0 Å². The van der Waals surface area contributed by atoms with E-state index in [1.807, 2.05) is 0 Å². The Hall–Kier alpha value is -3.33. The lowest BCUT2D eigenvalue weighted by Crippen LogP contribution is -2.27. The van der Waals surface area contributed by atoms with Crippen molar-refractivity contribution in [1.29, 1.82) is 0 Å². The maximum absolute atomic E-state index is 12.6. The number of rotatable bonds is 3. The highest BCUT2D eigenvalue weighted by atomic mass is 32.2. The van der Waals surface area contributed by atoms with Crippen LogP contribution in [0.5, 0.6) is 11.5 Å². The summed E-state index contributed by atoms with van der Waals surface area (Å²) < 4.78 is 10.4. The molecule has 26 heavy (non-hydrogen) atoms. The smallest absolute Gasteiger partial charge is 0.298 e. The van der Waals surface area contributed by atoms with E-state index in [0.717, 1.165) is 16.7 Å². The van der Waals surface area contributed by atoms with Crippen LogP contribution in [0.2, 0.25) is 0 Å². The van der Waals surface area contributed by atoms with Crippen LogP contribution >= 0.6 is 11.8 Å². The third-order valence-corrected chi connectivity index (χ3v) is 4.68. The summed E-state index contributed by atoms with van der Waals surface area (Å²) in [5, 5.41) is 10.9. The van der Waals surface area contributed by atoms with Crippen molar-refractivity contribution in [2.45, 2.75) is 0 Å². The predicted octanol–water partition coefficient (Wildman–Crippen LogP) is 3.56. The molecule has 4 rings (SSSR count). The largest absolute Gasteiger partial charge is 0.454 e. The SMILES string of the molecule is O=C1SC(=Cc2cc3c(cc2[N+](=O)[O-])OCO3)C(=O)N1c1ccccc1. The van der Waals surface area contributed by atoms with E-state index in [-0.39, 0.29) is 28.7 Å². The number of anilines is 1. The van der Waals surface area contributed by atoms with Crippen LogP contribution in [0.4, 0.5) is 16.2 Å². The molecule has 8 nitrogen and oxygen atoms in total. The zero-order chi connectivity index (χ0) is 18.3. The Morgan fingerprint density at radius 2 is 1.81 bits per heavy atom. The van der Waals surface area contributed by atoms with E-state index in [1.165, 1.54) is 18.2 Å². The summed E-state index contributed by atoms with van der Waals surface area (Å²) in [6.45, 7) is -0.0273. The van der Waals surface area contributed by atoms with Gasteiger partial charge in [-0.05, 0) is 36.0 Å². The van der Waals surface area contributed by atoms with Crippen molar-refractivity contribution >= 4 is 40.4 Å². The number of carbonyl (C=O) groups excluding carboxylic acids is 2. The molecule has 1 saturated heterocycles. The summed E-state index contributed by atoms with van der Waals surface area (Å²) in [5.74, 6) is 0.0912. The van der Waals surface area contributed by atoms with Gasteiger partial charge in [-0.15, -0.1) is 0 Å². The van der Waals surface area contributed by atoms with Crippen LogP contribution in [0.1, 0.15) is 5.56 Å². The van der Waals surface area contributed by atoms with Crippen molar-refractivity contribution < 1.29 is 24.0 Å². The second kappa shape index (κ2) is 6.19. The average Bonchev–Trinajstić information content (AvgIpc) is 3.19. The first-order valence-corrected chi connectivity index (χ1v) is 8.27. The van der Waals surface area contributed by atoms with Crippen molar-refractivity contribution in [3.05, 3.63) is 63.0 Å². The highest BCUT2D eigenvalue weighted by Gasteiger charge is 2.37. The molecule has 0 radical (unpaired) electrons. The number of hydrogen-bond donors (Lipinski definition) is 0. The number of nitro benzene ring substituents is 1. The van der Waals surface area contributed by atoms with Crippen LogP contribution in [0.25, 0.3) is 6.08 Å². The molecule has 2 aromatic rings. The maximum atomic E-state index is 12.6. The lowest BCUT2D eigenvalue weighted by molar-refractivity contribution is -0.385. The highest BCUT2D eigenvalue weighted by Crippen LogP contribution is 2.41. The van der Waals surface area contributed by atoms with Crippen LogP contribution in [0.15, 0.2) is 47.4 Å². The van der Waals surface area contributed by atoms with E-state index in [4.69, 9.17) is 9.47 Å². The zero-order valence-corrected chi connectivity index (χ0v) is 13.9. The van der Waals surface area contributed by atoms with E-state index >= 15 is 0 Å². The minimum absolute atomic E-state index is 0.0273. The van der Waals surface area contributed by atoms with Gasteiger partial charge >= 0.3 is 0 Å². The number of nitrogens with zero attached hydrogens (tertiary/aromatic N) is 2. The Morgan fingerprint density at radius 1 is 1.12 bits per heavy atom. The molecule has 0 aliphatic carbocycles. The number of imide groups is 1. The normalized spacial score (nSPS) is 17.2. The molecule has 2 aliphatic heterocycles. The van der Waals surface area contributed by atoms with Gasteiger partial charge in [-0.2, -0.15) is 0 Å². The molecule has 130 valence electrons. The first-order valence-electron chi connectivity index (χ1n) is 7.45. The van der Waals surface area contributed by atoms with Crippen molar-refractivity contribution in [1.82, 2.24) is 0 Å². The molecule has 9 heteroatoms. The number of carbonyl (C=O) groups is 2. The van der Waals surface area contributed by atoms with Gasteiger partial charge in [0.1, 0.15) is 0 Å². The Labute approximate surface area is 151 Å². The Balaban J connectivity index is 1.75. The van der Waals surface area contributed by atoms with Gasteiger partial charge in [0.05, 0.1) is 27.1 Å². The molecule has 0 unspecified atom stereocenters. The molecule has 2 amide bonds. The van der Waals surface area contributed by atoms with Crippen molar-refractivity contribution in [2.75, 3.05) is 11.7 Å². The first kappa shape index (κ1) is 16.2. The van der Waals surface area contributed by atoms with Gasteiger partial charge in [0.25, 0.3) is 16.8 Å². The highest BCUT2D eigenvalue weighted by molar-refractivity contribution is 8.19. The molecule has 2 aliphatic rings. The van der Waals surface area contributed by atoms with Crippen LogP contribution in [0.3, 0.4) is 0 Å². The summed E-state index contributed by atoms with van der Waals surface area (Å²) in [7, 11) is 0. The van der Waals surface area contributed by atoms with Crippen LogP contribution in [-0.4, -0.2) is 22.9 Å². The van der Waals surface area contributed by atoms with Gasteiger partial charge in [0.2, 0.25) is 6.79 Å². The molecule has 2 heterocycles. The zero-order valence-electron chi connectivity index (χ0n) is 13.1. The maximum Gasteiger partial charge on any atom is 0.298 e. The van der Waals surface area contributed by atoms with Gasteiger partial charge in [-0.3, -0.25) is 19.7 Å². The molecular formula is C17H10N2O6S. The molecule has 0 spiro atoms. The summed E-state index contributed by atoms with van der Waals surface area (Å²) in [5.41, 5.74) is 0.372. The summed E-state index contributed by atoms with van der Waals surface area (Å²) in [6, 6.07) is 11.2. The Bertz CT molecular complexity index is 973. The van der Waals surface area contributed by atoms with E-state index in [1.54, 1.807) is 30.3 Å². The van der Waals surface area contributed by atoms with E-state index < -0.39 is 16.1 Å². The molecule has 2 aromatic carbocycles. The molecular weight excluding hydrogens is 360 g/mol. The van der Waals surface area contributed by atoms with Crippen LogP contribution in [0, 0.1) is 10.1 Å². The number of nitro groups is 1. The number of ether oxygens (including phenoxy) is 2. The summed E-state index contributed by atoms with van der Waals surface area (Å²) in [6.07, 6.45) is 1.33. The minimum Gasteiger partial charge on any atom is -0.454 e. The molecule has 0 atom stereocenters. The van der Waals surface area contributed by atoms with Crippen LogP contribution in [-0.2, 0) is 4.79 Å². The molecule has 0 saturated carbocycles. The Kier molecular flexibility index (Phi) is 3.85. The predicted molar refractivity (Wildman–Crippen MR) is 94.1 cm³/mol. The fourth-order valence-corrected chi connectivity index (χ4v) is 3.46. The van der Waals surface area contributed by atoms with Crippen molar-refractivity contribution in [3.8, 4) is 11.5 Å².